The van der Waals surface area contributed by atoms with Gasteiger partial charge in [-0.25, -0.2) is 4.79 Å². The summed E-state index contributed by atoms with van der Waals surface area (Å²) in [4.78, 5) is 10.6. The molecular formula is C11H11ClO2. The SMILES string of the molecule is C=C(Cc1c(C)cccc1Cl)C(=O)O. The highest BCUT2D eigenvalue weighted by Gasteiger charge is 2.09. The van der Waals surface area contributed by atoms with Gasteiger partial charge in [-0.05, 0) is 24.1 Å². The molecule has 1 N–H and O–H groups in total. The number of aryl methyl sites for hydroxylation is 1. The summed E-state index contributed by atoms with van der Waals surface area (Å²) in [5, 5.41) is 9.27. The summed E-state index contributed by atoms with van der Waals surface area (Å²) in [5.41, 5.74) is 1.97. The maximum Gasteiger partial charge on any atom is 0.331 e. The Hall–Kier alpha value is -1.28. The molecule has 0 atom stereocenters. The maximum absolute atomic E-state index is 10.6. The molecule has 0 bridgehead atoms. The molecule has 14 heavy (non-hydrogen) atoms. The molecule has 0 unspecified atom stereocenters. The highest BCUT2D eigenvalue weighted by Crippen LogP contribution is 2.22. The normalized spacial score (nSPS) is 9.86. The molecule has 1 aromatic rings. The van der Waals surface area contributed by atoms with Crippen molar-refractivity contribution in [3.8, 4) is 0 Å². The third kappa shape index (κ3) is 2.36. The predicted octanol–water partition coefficient (Wildman–Crippen LogP) is 2.83. The van der Waals surface area contributed by atoms with Crippen LogP contribution >= 0.6 is 11.6 Å². The van der Waals surface area contributed by atoms with Crippen molar-refractivity contribution in [3.63, 3.8) is 0 Å². The van der Waals surface area contributed by atoms with Crippen LogP contribution in [0.4, 0.5) is 0 Å². The molecular weight excluding hydrogens is 200 g/mol. The molecule has 0 aromatic heterocycles. The van der Waals surface area contributed by atoms with Crippen molar-refractivity contribution >= 4 is 17.6 Å². The van der Waals surface area contributed by atoms with E-state index < -0.39 is 5.97 Å². The molecule has 0 saturated carbocycles. The Balaban J connectivity index is 2.97. The zero-order valence-electron chi connectivity index (χ0n) is 7.88. The lowest BCUT2D eigenvalue weighted by molar-refractivity contribution is -0.132. The standard InChI is InChI=1S/C11H11ClO2/c1-7-4-3-5-10(12)9(7)6-8(2)11(13)14/h3-5H,2,6H2,1H3,(H,13,14). The van der Waals surface area contributed by atoms with Crippen molar-refractivity contribution in [1.29, 1.82) is 0 Å². The van der Waals surface area contributed by atoms with E-state index in [1.165, 1.54) is 0 Å². The summed E-state index contributed by atoms with van der Waals surface area (Å²) in [7, 11) is 0. The summed E-state index contributed by atoms with van der Waals surface area (Å²) in [6.07, 6.45) is 0.292. The minimum Gasteiger partial charge on any atom is -0.478 e. The lowest BCUT2D eigenvalue weighted by Gasteiger charge is -2.07. The van der Waals surface area contributed by atoms with Gasteiger partial charge in [-0.1, -0.05) is 30.3 Å². The van der Waals surface area contributed by atoms with Gasteiger partial charge in [0.05, 0.1) is 0 Å². The van der Waals surface area contributed by atoms with Gasteiger partial charge >= 0.3 is 5.97 Å². The molecule has 1 aromatic carbocycles. The first-order chi connectivity index (χ1) is 6.52. The molecule has 0 heterocycles. The fourth-order valence-electron chi connectivity index (χ4n) is 1.18. The van der Waals surface area contributed by atoms with Gasteiger partial charge in [0.1, 0.15) is 0 Å². The molecule has 3 heteroatoms. The molecule has 0 radical (unpaired) electrons. The topological polar surface area (TPSA) is 37.3 Å². The van der Waals surface area contributed by atoms with E-state index in [-0.39, 0.29) is 5.57 Å². The van der Waals surface area contributed by atoms with E-state index in [4.69, 9.17) is 16.7 Å². The van der Waals surface area contributed by atoms with Gasteiger partial charge in [0.15, 0.2) is 0 Å². The van der Waals surface area contributed by atoms with Crippen LogP contribution in [0.2, 0.25) is 5.02 Å². The third-order valence-electron chi connectivity index (χ3n) is 2.05. The molecule has 0 amide bonds. The number of aliphatic carboxylic acids is 1. The molecule has 0 aliphatic heterocycles. The Kier molecular flexibility index (Phi) is 3.31. The number of carboxylic acid groups (broad SMARTS) is 1. The van der Waals surface area contributed by atoms with E-state index in [0.717, 1.165) is 11.1 Å². The second kappa shape index (κ2) is 4.29. The second-order valence-corrected chi connectivity index (χ2v) is 3.53. The van der Waals surface area contributed by atoms with E-state index in [2.05, 4.69) is 6.58 Å². The number of halogens is 1. The lowest BCUT2D eigenvalue weighted by atomic mass is 10.0. The first-order valence-corrected chi connectivity index (χ1v) is 4.55. The van der Waals surface area contributed by atoms with E-state index in [1.807, 2.05) is 19.1 Å². The van der Waals surface area contributed by atoms with Crippen molar-refractivity contribution in [2.75, 3.05) is 0 Å². The number of carboxylic acids is 1. The van der Waals surface area contributed by atoms with Crippen molar-refractivity contribution in [2.45, 2.75) is 13.3 Å². The van der Waals surface area contributed by atoms with Gasteiger partial charge in [0.2, 0.25) is 0 Å². The van der Waals surface area contributed by atoms with Crippen molar-refractivity contribution < 1.29 is 9.90 Å². The van der Waals surface area contributed by atoms with Crippen LogP contribution in [0.5, 0.6) is 0 Å². The van der Waals surface area contributed by atoms with Crippen LogP contribution in [0.25, 0.3) is 0 Å². The summed E-state index contributed by atoms with van der Waals surface area (Å²) in [5.74, 6) is -0.982. The molecule has 0 spiro atoms. The monoisotopic (exact) mass is 210 g/mol. The fraction of sp³-hybridized carbons (Fsp3) is 0.182. The van der Waals surface area contributed by atoms with Gasteiger partial charge in [-0.2, -0.15) is 0 Å². The Bertz CT molecular complexity index is 363. The van der Waals surface area contributed by atoms with Crippen LogP contribution in [0.15, 0.2) is 30.4 Å². The Morgan fingerprint density at radius 3 is 2.71 bits per heavy atom. The Morgan fingerprint density at radius 1 is 1.57 bits per heavy atom. The molecule has 0 saturated heterocycles. The zero-order chi connectivity index (χ0) is 10.7. The molecule has 0 aliphatic carbocycles. The van der Waals surface area contributed by atoms with Gasteiger partial charge in [-0.15, -0.1) is 0 Å². The first-order valence-electron chi connectivity index (χ1n) is 4.17. The van der Waals surface area contributed by atoms with Gasteiger partial charge < -0.3 is 5.11 Å². The lowest BCUT2D eigenvalue weighted by Crippen LogP contribution is -2.03. The second-order valence-electron chi connectivity index (χ2n) is 3.12. The third-order valence-corrected chi connectivity index (χ3v) is 2.40. The van der Waals surface area contributed by atoms with Crippen LogP contribution in [0.3, 0.4) is 0 Å². The van der Waals surface area contributed by atoms with E-state index in [0.29, 0.717) is 11.4 Å². The van der Waals surface area contributed by atoms with Crippen LogP contribution < -0.4 is 0 Å². The van der Waals surface area contributed by atoms with Crippen LogP contribution in [-0.2, 0) is 11.2 Å². The molecule has 2 nitrogen and oxygen atoms in total. The first kappa shape index (κ1) is 10.8. The predicted molar refractivity (Wildman–Crippen MR) is 56.7 cm³/mol. The largest absolute Gasteiger partial charge is 0.478 e. The average Bonchev–Trinajstić information content (AvgIpc) is 2.11. The number of benzene rings is 1. The van der Waals surface area contributed by atoms with Crippen LogP contribution in [-0.4, -0.2) is 11.1 Å². The number of rotatable bonds is 3. The quantitative estimate of drug-likeness (QED) is 0.779. The fourth-order valence-corrected chi connectivity index (χ4v) is 1.47. The summed E-state index contributed by atoms with van der Waals surface area (Å²) in [6.45, 7) is 5.37. The molecule has 74 valence electrons. The Labute approximate surface area is 87.8 Å². The molecule has 0 aliphatic rings. The summed E-state index contributed by atoms with van der Waals surface area (Å²) < 4.78 is 0. The minimum atomic E-state index is -0.982. The van der Waals surface area contributed by atoms with E-state index in [9.17, 15) is 4.79 Å². The summed E-state index contributed by atoms with van der Waals surface area (Å²) in [6, 6.07) is 5.49. The van der Waals surface area contributed by atoms with Crippen molar-refractivity contribution in [2.24, 2.45) is 0 Å². The number of hydrogen-bond acceptors (Lipinski definition) is 1. The molecule has 1 rings (SSSR count). The van der Waals surface area contributed by atoms with E-state index >= 15 is 0 Å². The number of carbonyl (C=O) groups is 1. The van der Waals surface area contributed by atoms with Crippen LogP contribution in [0, 0.1) is 6.92 Å². The minimum absolute atomic E-state index is 0.154. The molecule has 0 fully saturated rings. The van der Waals surface area contributed by atoms with Gasteiger partial charge in [0.25, 0.3) is 0 Å². The number of hydrogen-bond donors (Lipinski definition) is 1. The van der Waals surface area contributed by atoms with Crippen molar-refractivity contribution in [1.82, 2.24) is 0 Å². The highest BCUT2D eigenvalue weighted by molar-refractivity contribution is 6.31. The van der Waals surface area contributed by atoms with Crippen LogP contribution in [0.1, 0.15) is 11.1 Å². The summed E-state index contributed by atoms with van der Waals surface area (Å²) >= 11 is 5.94. The smallest absolute Gasteiger partial charge is 0.331 e. The zero-order valence-corrected chi connectivity index (χ0v) is 8.64. The van der Waals surface area contributed by atoms with E-state index in [1.54, 1.807) is 6.07 Å². The van der Waals surface area contributed by atoms with Crippen molar-refractivity contribution in [3.05, 3.63) is 46.5 Å². The van der Waals surface area contributed by atoms with Gasteiger partial charge in [0, 0.05) is 17.0 Å². The average molecular weight is 211 g/mol. The highest BCUT2D eigenvalue weighted by atomic mass is 35.5. The van der Waals surface area contributed by atoms with Gasteiger partial charge in [-0.3, -0.25) is 0 Å². The maximum atomic E-state index is 10.6. The Morgan fingerprint density at radius 2 is 2.21 bits per heavy atom.